The van der Waals surface area contributed by atoms with Gasteiger partial charge in [-0.3, -0.25) is 9.59 Å². The number of halogens is 8. The van der Waals surface area contributed by atoms with Crippen molar-refractivity contribution in [2.75, 3.05) is 30.0 Å². The lowest BCUT2D eigenvalue weighted by molar-refractivity contribution is -0.138. The standard InChI is InChI=1S/C31H26F4N2O4.C30H24F4N2O4/c1-19-5-11-27(37(19)25-15-21(30(39)40-2)14-24(17-25)36-13-3-4-29(36)38)26-16-22(31(33,34)35)8-12-28(26)41-18-20-6-9-23(32)10-7-20;1-18-4-10-26(36(18)24-14-20(29(38)39)13-23(16-24)35-12-2-3-28(35)37)25-15-21(30(32,33)34)7-11-27(25)40-17-19-5-8-22(31)9-6-19/h5-12,14-17H,3-4,13,18H2,1-2H3;4-11,13-16H,2-3,12,17H2,1H3,(H,38,39). The van der Waals surface area contributed by atoms with Gasteiger partial charge in [-0.05, 0) is 159 Å². The van der Waals surface area contributed by atoms with E-state index in [1.165, 1.54) is 84.8 Å². The summed E-state index contributed by atoms with van der Waals surface area (Å²) < 4.78 is 129. The molecule has 8 aromatic rings. The highest BCUT2D eigenvalue weighted by atomic mass is 19.4. The number of anilines is 2. The molecule has 2 fully saturated rings. The maximum atomic E-state index is 13.8. The van der Waals surface area contributed by atoms with Crippen molar-refractivity contribution in [2.45, 2.75) is 65.1 Å². The maximum Gasteiger partial charge on any atom is 0.416 e. The Morgan fingerprint density at radius 2 is 0.914 bits per heavy atom. The number of carboxylic acids is 1. The van der Waals surface area contributed by atoms with Crippen molar-refractivity contribution < 1.29 is 73.6 Å². The summed E-state index contributed by atoms with van der Waals surface area (Å²) in [5, 5.41) is 9.78. The fourth-order valence-corrected chi connectivity index (χ4v) is 9.69. The smallest absolute Gasteiger partial charge is 0.416 e. The molecular formula is C61H50F8N4O8. The topological polar surface area (TPSA) is 133 Å². The highest BCUT2D eigenvalue weighted by molar-refractivity contribution is 5.99. The number of hydrogen-bond acceptors (Lipinski definition) is 7. The molecule has 6 aromatic carbocycles. The molecule has 20 heteroatoms. The number of hydrogen-bond donors (Lipinski definition) is 1. The van der Waals surface area contributed by atoms with Crippen LogP contribution in [0.15, 0.2) is 146 Å². The molecule has 0 saturated carbocycles. The molecular weight excluding hydrogens is 1070 g/mol. The quantitative estimate of drug-likeness (QED) is 0.0841. The lowest BCUT2D eigenvalue weighted by Gasteiger charge is -2.21. The first-order valence-corrected chi connectivity index (χ1v) is 25.3. The maximum absolute atomic E-state index is 13.8. The van der Waals surface area contributed by atoms with E-state index in [0.717, 1.165) is 24.3 Å². The molecule has 0 bridgehead atoms. The molecule has 4 heterocycles. The van der Waals surface area contributed by atoms with Crippen molar-refractivity contribution >= 4 is 35.1 Å². The highest BCUT2D eigenvalue weighted by Crippen LogP contribution is 2.42. The van der Waals surface area contributed by atoms with Gasteiger partial charge in [0.1, 0.15) is 36.3 Å². The second-order valence-electron chi connectivity index (χ2n) is 19.2. The number of benzene rings is 6. The largest absolute Gasteiger partial charge is 0.488 e. The molecule has 10 rings (SSSR count). The predicted octanol–water partition coefficient (Wildman–Crippen LogP) is 14.1. The predicted molar refractivity (Wildman–Crippen MR) is 285 cm³/mol. The molecule has 1 N–H and O–H groups in total. The third-order valence-electron chi connectivity index (χ3n) is 13.7. The minimum absolute atomic E-state index is 0.00260. The van der Waals surface area contributed by atoms with Crippen LogP contribution in [0.5, 0.6) is 11.5 Å². The van der Waals surface area contributed by atoms with Gasteiger partial charge in [-0.1, -0.05) is 24.3 Å². The fraction of sp³-hybridized carbons (Fsp3) is 0.213. The number of aromatic carboxylic acids is 1. The molecule has 0 unspecified atom stereocenters. The van der Waals surface area contributed by atoms with Gasteiger partial charge in [0.15, 0.2) is 0 Å². The first-order valence-electron chi connectivity index (χ1n) is 25.3. The van der Waals surface area contributed by atoms with Crippen LogP contribution in [0.4, 0.5) is 46.5 Å². The van der Waals surface area contributed by atoms with Gasteiger partial charge in [0, 0.05) is 71.2 Å². The summed E-state index contributed by atoms with van der Waals surface area (Å²) >= 11 is 0. The van der Waals surface area contributed by atoms with E-state index in [0.29, 0.717) is 95.4 Å². The summed E-state index contributed by atoms with van der Waals surface area (Å²) in [6, 6.07) is 33.6. The van der Waals surface area contributed by atoms with Gasteiger partial charge in [-0.15, -0.1) is 0 Å². The zero-order chi connectivity index (χ0) is 57.9. The molecule has 81 heavy (non-hydrogen) atoms. The average Bonchev–Trinajstić information content (AvgIpc) is 4.49. The van der Waals surface area contributed by atoms with Crippen molar-refractivity contribution in [3.63, 3.8) is 0 Å². The van der Waals surface area contributed by atoms with E-state index >= 15 is 0 Å². The van der Waals surface area contributed by atoms with Crippen LogP contribution in [0.2, 0.25) is 0 Å². The summed E-state index contributed by atoms with van der Waals surface area (Å²) in [5.74, 6) is -2.55. The van der Waals surface area contributed by atoms with E-state index in [4.69, 9.17) is 14.2 Å². The van der Waals surface area contributed by atoms with Crippen LogP contribution in [0.25, 0.3) is 33.9 Å². The van der Waals surface area contributed by atoms with Crippen molar-refractivity contribution in [1.29, 1.82) is 0 Å². The van der Waals surface area contributed by atoms with Crippen molar-refractivity contribution in [3.8, 4) is 45.4 Å². The van der Waals surface area contributed by atoms with Crippen LogP contribution in [-0.4, -0.2) is 58.2 Å². The summed E-state index contributed by atoms with van der Waals surface area (Å²) in [5.41, 5.74) is 3.64. The second-order valence-corrected chi connectivity index (χ2v) is 19.2. The normalized spacial score (nSPS) is 13.6. The number of carbonyl (C=O) groups is 4. The zero-order valence-electron chi connectivity index (χ0n) is 43.6. The Morgan fingerprint density at radius 3 is 1.28 bits per heavy atom. The minimum atomic E-state index is -4.62. The zero-order valence-corrected chi connectivity index (χ0v) is 43.6. The number of ether oxygens (including phenoxy) is 3. The Bertz CT molecular complexity index is 3680. The molecule has 2 aromatic heterocycles. The number of aromatic nitrogens is 2. The monoisotopic (exact) mass is 1120 g/mol. The average molecular weight is 1120 g/mol. The number of esters is 1. The number of rotatable bonds is 14. The van der Waals surface area contributed by atoms with Gasteiger partial charge < -0.3 is 38.3 Å². The molecule has 418 valence electrons. The summed E-state index contributed by atoms with van der Waals surface area (Å²) in [7, 11) is 1.25. The van der Waals surface area contributed by atoms with Crippen LogP contribution in [0.3, 0.4) is 0 Å². The van der Waals surface area contributed by atoms with Crippen LogP contribution in [0, 0.1) is 25.5 Å². The number of alkyl halides is 6. The summed E-state index contributed by atoms with van der Waals surface area (Å²) in [4.78, 5) is 52.6. The van der Waals surface area contributed by atoms with E-state index in [-0.39, 0.29) is 58.8 Å². The molecule has 0 spiro atoms. The van der Waals surface area contributed by atoms with Crippen molar-refractivity contribution in [1.82, 2.24) is 9.13 Å². The molecule has 2 amide bonds. The SMILES string of the molecule is COC(=O)c1cc(N2CCCC2=O)cc(-n2c(C)ccc2-c2cc(C(F)(F)F)ccc2OCc2ccc(F)cc2)c1.Cc1ccc(-c2cc(C(F)(F)F)ccc2OCc2ccc(F)cc2)n1-c1cc(C(=O)O)cc(N2CCCC2=O)c1. The second kappa shape index (κ2) is 23.3. The fourth-order valence-electron chi connectivity index (χ4n) is 9.69. The van der Waals surface area contributed by atoms with Gasteiger partial charge >= 0.3 is 24.3 Å². The third kappa shape index (κ3) is 12.6. The number of carboxylic acid groups (broad SMARTS) is 1. The van der Waals surface area contributed by atoms with Crippen LogP contribution in [0.1, 0.15) is 80.0 Å². The molecule has 12 nitrogen and oxygen atoms in total. The number of aryl methyl sites for hydroxylation is 2. The highest BCUT2D eigenvalue weighted by Gasteiger charge is 2.34. The van der Waals surface area contributed by atoms with Crippen molar-refractivity contribution in [3.05, 3.63) is 202 Å². The van der Waals surface area contributed by atoms with Gasteiger partial charge in [0.2, 0.25) is 11.8 Å². The molecule has 2 saturated heterocycles. The van der Waals surface area contributed by atoms with Crippen molar-refractivity contribution in [2.24, 2.45) is 0 Å². The van der Waals surface area contributed by atoms with Crippen LogP contribution < -0.4 is 19.3 Å². The van der Waals surface area contributed by atoms with E-state index in [9.17, 15) is 59.4 Å². The van der Waals surface area contributed by atoms with Gasteiger partial charge in [0.25, 0.3) is 0 Å². The van der Waals surface area contributed by atoms with Gasteiger partial charge in [-0.25, -0.2) is 18.4 Å². The Labute approximate surface area is 458 Å². The summed E-state index contributed by atoms with van der Waals surface area (Å²) in [6.07, 6.45) is -7.19. The number of methoxy groups -OCH3 is 1. The van der Waals surface area contributed by atoms with E-state index in [1.54, 1.807) is 76.4 Å². The van der Waals surface area contributed by atoms with E-state index in [2.05, 4.69) is 0 Å². The van der Waals surface area contributed by atoms with Crippen LogP contribution >= 0.6 is 0 Å². The molecule has 0 atom stereocenters. The van der Waals surface area contributed by atoms with Gasteiger partial charge in [0.05, 0.1) is 40.8 Å². The first kappa shape index (κ1) is 56.5. The van der Waals surface area contributed by atoms with Gasteiger partial charge in [-0.2, -0.15) is 26.3 Å². The van der Waals surface area contributed by atoms with E-state index in [1.807, 2.05) is 0 Å². The van der Waals surface area contributed by atoms with E-state index < -0.39 is 47.1 Å². The molecule has 2 aliphatic heterocycles. The third-order valence-corrected chi connectivity index (χ3v) is 13.7. The Balaban J connectivity index is 0.000000196. The lowest BCUT2D eigenvalue weighted by Crippen LogP contribution is -2.24. The first-order chi connectivity index (χ1) is 38.6. The Hall–Kier alpha value is -9.20. The van der Waals surface area contributed by atoms with Crippen LogP contribution in [-0.2, 0) is 39.9 Å². The Morgan fingerprint density at radius 1 is 0.519 bits per heavy atom. The molecule has 0 radical (unpaired) electrons. The number of amides is 2. The number of carbonyl (C=O) groups excluding carboxylic acids is 3. The Kier molecular flexibility index (Phi) is 16.2. The minimum Gasteiger partial charge on any atom is -0.488 e. The lowest BCUT2D eigenvalue weighted by atomic mass is 10.1. The molecule has 0 aliphatic carbocycles. The number of nitrogens with zero attached hydrogens (tertiary/aromatic N) is 4. The molecule has 2 aliphatic rings. The summed E-state index contributed by atoms with van der Waals surface area (Å²) in [6.45, 7) is 4.42.